The van der Waals surface area contributed by atoms with Gasteiger partial charge in [0.05, 0.1) is 6.04 Å². The van der Waals surface area contributed by atoms with Crippen molar-refractivity contribution in [2.45, 2.75) is 39.7 Å². The van der Waals surface area contributed by atoms with Crippen LogP contribution in [0.3, 0.4) is 0 Å². The van der Waals surface area contributed by atoms with Gasteiger partial charge in [0.15, 0.2) is 5.82 Å². The zero-order valence-electron chi connectivity index (χ0n) is 10.6. The summed E-state index contributed by atoms with van der Waals surface area (Å²) in [6.07, 6.45) is 1.60. The summed E-state index contributed by atoms with van der Waals surface area (Å²) in [6, 6.07) is -0.199. The average molecular weight is 240 g/mol. The summed E-state index contributed by atoms with van der Waals surface area (Å²) in [6.45, 7) is 6.99. The number of nitrogens with zero attached hydrogens (tertiary/aromatic N) is 2. The molecule has 0 radical (unpaired) electrons. The molecule has 0 saturated heterocycles. The predicted octanol–water partition coefficient (Wildman–Crippen LogP) is 0.425. The maximum Gasteiger partial charge on any atom is 0.236 e. The van der Waals surface area contributed by atoms with E-state index in [0.29, 0.717) is 24.7 Å². The summed E-state index contributed by atoms with van der Waals surface area (Å²) >= 11 is 0. The number of aryl methyl sites for hydroxylation is 1. The highest BCUT2D eigenvalue weighted by Gasteiger charge is 2.11. The molecule has 17 heavy (non-hydrogen) atoms. The number of aromatic nitrogens is 2. The van der Waals surface area contributed by atoms with Crippen molar-refractivity contribution in [1.29, 1.82) is 0 Å². The lowest BCUT2D eigenvalue weighted by Crippen LogP contribution is -2.43. The van der Waals surface area contributed by atoms with Gasteiger partial charge in [-0.15, -0.1) is 0 Å². The molecule has 6 nitrogen and oxygen atoms in total. The zero-order valence-corrected chi connectivity index (χ0v) is 10.6. The molecule has 0 aliphatic heterocycles. The molecule has 1 atom stereocenters. The van der Waals surface area contributed by atoms with Crippen molar-refractivity contribution < 1.29 is 9.32 Å². The van der Waals surface area contributed by atoms with Crippen LogP contribution in [0.4, 0.5) is 0 Å². The molecule has 0 spiro atoms. The van der Waals surface area contributed by atoms with Crippen LogP contribution in [0.1, 0.15) is 32.0 Å². The highest BCUT2D eigenvalue weighted by molar-refractivity contribution is 5.81. The molecule has 1 aromatic rings. The number of rotatable bonds is 7. The van der Waals surface area contributed by atoms with Crippen molar-refractivity contribution in [3.05, 3.63) is 11.7 Å². The summed E-state index contributed by atoms with van der Waals surface area (Å²) in [5.74, 6) is 1.25. The fourth-order valence-corrected chi connectivity index (χ4v) is 1.34. The van der Waals surface area contributed by atoms with Crippen LogP contribution in [-0.4, -0.2) is 35.2 Å². The van der Waals surface area contributed by atoms with E-state index in [1.54, 1.807) is 6.92 Å². The lowest BCUT2D eigenvalue weighted by atomic mass is 10.3. The Morgan fingerprint density at radius 2 is 2.24 bits per heavy atom. The van der Waals surface area contributed by atoms with Gasteiger partial charge < -0.3 is 15.2 Å². The first kappa shape index (κ1) is 13.6. The molecule has 0 aliphatic rings. The second-order valence-electron chi connectivity index (χ2n) is 3.95. The van der Waals surface area contributed by atoms with Crippen molar-refractivity contribution in [2.24, 2.45) is 0 Å². The summed E-state index contributed by atoms with van der Waals surface area (Å²) < 4.78 is 4.85. The minimum atomic E-state index is -0.199. The minimum Gasteiger partial charge on any atom is -0.355 e. The Morgan fingerprint density at radius 1 is 1.47 bits per heavy atom. The Kier molecular flexibility index (Phi) is 5.62. The van der Waals surface area contributed by atoms with E-state index in [4.69, 9.17) is 4.52 Å². The third-order valence-electron chi connectivity index (χ3n) is 2.31. The molecule has 0 saturated carbocycles. The van der Waals surface area contributed by atoms with E-state index in [1.807, 2.05) is 13.8 Å². The van der Waals surface area contributed by atoms with E-state index in [1.165, 1.54) is 0 Å². The molecule has 6 heteroatoms. The van der Waals surface area contributed by atoms with E-state index < -0.39 is 0 Å². The van der Waals surface area contributed by atoms with Crippen molar-refractivity contribution in [3.8, 4) is 0 Å². The lowest BCUT2D eigenvalue weighted by molar-refractivity contribution is -0.122. The molecule has 1 heterocycles. The number of nitrogens with one attached hydrogen (secondary N) is 2. The van der Waals surface area contributed by atoms with Crippen LogP contribution in [-0.2, 0) is 11.2 Å². The van der Waals surface area contributed by atoms with Crippen molar-refractivity contribution >= 4 is 5.91 Å². The van der Waals surface area contributed by atoms with E-state index >= 15 is 0 Å². The highest BCUT2D eigenvalue weighted by atomic mass is 16.5. The molecule has 1 amide bonds. The summed E-state index contributed by atoms with van der Waals surface area (Å²) in [5, 5.41) is 9.73. The molecule has 2 N–H and O–H groups in total. The standard InChI is InChI=1S/C11H20N4O2/c1-4-6-13-11(16)8(2)12-7-5-10-14-9(3)17-15-10/h8,12H,4-7H2,1-3H3,(H,13,16). The van der Waals surface area contributed by atoms with Gasteiger partial charge in [-0.3, -0.25) is 4.79 Å². The van der Waals surface area contributed by atoms with Crippen LogP contribution >= 0.6 is 0 Å². The topological polar surface area (TPSA) is 80.0 Å². The third-order valence-corrected chi connectivity index (χ3v) is 2.31. The number of carbonyl (C=O) groups excluding carboxylic acids is 1. The molecule has 1 rings (SSSR count). The van der Waals surface area contributed by atoms with Crippen molar-refractivity contribution in [2.75, 3.05) is 13.1 Å². The van der Waals surface area contributed by atoms with Gasteiger partial charge in [-0.1, -0.05) is 12.1 Å². The lowest BCUT2D eigenvalue weighted by Gasteiger charge is -2.12. The quantitative estimate of drug-likeness (QED) is 0.722. The molecule has 1 unspecified atom stereocenters. The Bertz CT molecular complexity index is 351. The fraction of sp³-hybridized carbons (Fsp3) is 0.727. The van der Waals surface area contributed by atoms with Gasteiger partial charge in [-0.25, -0.2) is 0 Å². The van der Waals surface area contributed by atoms with Crippen molar-refractivity contribution in [1.82, 2.24) is 20.8 Å². The largest absolute Gasteiger partial charge is 0.355 e. The second-order valence-corrected chi connectivity index (χ2v) is 3.95. The molecule has 96 valence electrons. The van der Waals surface area contributed by atoms with E-state index in [2.05, 4.69) is 20.8 Å². The molecule has 0 aromatic carbocycles. The van der Waals surface area contributed by atoms with Crippen LogP contribution in [0, 0.1) is 6.92 Å². The summed E-state index contributed by atoms with van der Waals surface area (Å²) in [5.41, 5.74) is 0. The summed E-state index contributed by atoms with van der Waals surface area (Å²) in [4.78, 5) is 15.6. The van der Waals surface area contributed by atoms with E-state index in [-0.39, 0.29) is 11.9 Å². The highest BCUT2D eigenvalue weighted by Crippen LogP contribution is 1.95. The first-order chi connectivity index (χ1) is 8.13. The van der Waals surface area contributed by atoms with Crippen LogP contribution in [0.5, 0.6) is 0 Å². The molecule has 0 aliphatic carbocycles. The van der Waals surface area contributed by atoms with E-state index in [9.17, 15) is 4.79 Å². The zero-order chi connectivity index (χ0) is 12.7. The van der Waals surface area contributed by atoms with Crippen LogP contribution in [0.2, 0.25) is 0 Å². The predicted molar refractivity (Wildman–Crippen MR) is 63.5 cm³/mol. The maximum atomic E-state index is 11.5. The van der Waals surface area contributed by atoms with Crippen LogP contribution < -0.4 is 10.6 Å². The minimum absolute atomic E-state index is 0.0242. The van der Waals surface area contributed by atoms with Gasteiger partial charge in [0.25, 0.3) is 0 Å². The van der Waals surface area contributed by atoms with Gasteiger partial charge >= 0.3 is 0 Å². The molecule has 1 aromatic heterocycles. The van der Waals surface area contributed by atoms with Gasteiger partial charge in [0.1, 0.15) is 0 Å². The number of hydrogen-bond donors (Lipinski definition) is 2. The molecular formula is C11H20N4O2. The first-order valence-electron chi connectivity index (χ1n) is 5.93. The first-order valence-corrected chi connectivity index (χ1v) is 5.93. The Hall–Kier alpha value is -1.43. The van der Waals surface area contributed by atoms with Gasteiger partial charge in [0.2, 0.25) is 11.8 Å². The SMILES string of the molecule is CCCNC(=O)C(C)NCCc1noc(C)n1. The van der Waals surface area contributed by atoms with Gasteiger partial charge in [0, 0.05) is 26.4 Å². The maximum absolute atomic E-state index is 11.5. The number of carbonyl (C=O) groups is 1. The number of hydrogen-bond acceptors (Lipinski definition) is 5. The smallest absolute Gasteiger partial charge is 0.236 e. The van der Waals surface area contributed by atoms with Gasteiger partial charge in [-0.05, 0) is 13.3 Å². The summed E-state index contributed by atoms with van der Waals surface area (Å²) in [7, 11) is 0. The Morgan fingerprint density at radius 3 is 2.82 bits per heavy atom. The Labute approximate surface area is 101 Å². The van der Waals surface area contributed by atoms with Gasteiger partial charge in [-0.2, -0.15) is 4.98 Å². The normalized spacial score (nSPS) is 12.4. The molecule has 0 fully saturated rings. The molecular weight excluding hydrogens is 220 g/mol. The average Bonchev–Trinajstić information content (AvgIpc) is 2.71. The molecule has 0 bridgehead atoms. The van der Waals surface area contributed by atoms with Crippen LogP contribution in [0.25, 0.3) is 0 Å². The fourth-order valence-electron chi connectivity index (χ4n) is 1.34. The van der Waals surface area contributed by atoms with Crippen molar-refractivity contribution in [3.63, 3.8) is 0 Å². The van der Waals surface area contributed by atoms with Crippen LogP contribution in [0.15, 0.2) is 4.52 Å². The second kappa shape index (κ2) is 7.01. The number of amides is 1. The third kappa shape index (κ3) is 4.95. The Balaban J connectivity index is 2.19. The van der Waals surface area contributed by atoms with E-state index in [0.717, 1.165) is 13.0 Å². The monoisotopic (exact) mass is 240 g/mol.